The number of carbonyl (C=O) groups excluding carboxylic acids is 1. The van der Waals surface area contributed by atoms with Gasteiger partial charge in [0.25, 0.3) is 5.91 Å². The van der Waals surface area contributed by atoms with E-state index >= 15 is 0 Å². The summed E-state index contributed by atoms with van der Waals surface area (Å²) in [4.78, 5) is 21.9. The van der Waals surface area contributed by atoms with Crippen LogP contribution in [0, 0.1) is 5.41 Å². The molecule has 2 aliphatic rings. The van der Waals surface area contributed by atoms with Gasteiger partial charge in [0.1, 0.15) is 12.0 Å². The molecule has 1 spiro atoms. The van der Waals surface area contributed by atoms with Crippen LogP contribution in [-0.4, -0.2) is 47.1 Å². The highest BCUT2D eigenvalue weighted by molar-refractivity contribution is 6.33. The summed E-state index contributed by atoms with van der Waals surface area (Å²) in [5.41, 5.74) is 0.456. The van der Waals surface area contributed by atoms with Gasteiger partial charge in [0.2, 0.25) is 0 Å². The first kappa shape index (κ1) is 11.9. The number of hydrogen-bond donors (Lipinski definition) is 0. The fourth-order valence-corrected chi connectivity index (χ4v) is 2.89. The molecule has 5 nitrogen and oxygen atoms in total. The Morgan fingerprint density at radius 2 is 2.39 bits per heavy atom. The summed E-state index contributed by atoms with van der Waals surface area (Å²) in [5, 5.41) is 0.311. The van der Waals surface area contributed by atoms with Crippen LogP contribution < -0.4 is 0 Å². The summed E-state index contributed by atoms with van der Waals surface area (Å²) in [6, 6.07) is 0. The first-order valence-electron chi connectivity index (χ1n) is 6.03. The molecule has 1 aromatic heterocycles. The maximum Gasteiger partial charge on any atom is 0.274 e. The van der Waals surface area contributed by atoms with Crippen LogP contribution in [0.15, 0.2) is 12.5 Å². The van der Waals surface area contributed by atoms with Crippen molar-refractivity contribution in [3.05, 3.63) is 23.2 Å². The van der Waals surface area contributed by atoms with Gasteiger partial charge in [-0.2, -0.15) is 0 Å². The molecule has 2 aliphatic heterocycles. The van der Waals surface area contributed by atoms with Crippen molar-refractivity contribution in [3.63, 3.8) is 0 Å². The van der Waals surface area contributed by atoms with Crippen LogP contribution in [0.4, 0.5) is 0 Å². The quantitative estimate of drug-likeness (QED) is 0.771. The van der Waals surface area contributed by atoms with Gasteiger partial charge in [-0.15, -0.1) is 0 Å². The fourth-order valence-electron chi connectivity index (χ4n) is 2.70. The summed E-state index contributed by atoms with van der Waals surface area (Å²) in [7, 11) is 0. The van der Waals surface area contributed by atoms with E-state index in [-0.39, 0.29) is 11.3 Å². The number of nitrogens with zero attached hydrogens (tertiary/aromatic N) is 3. The second-order valence-corrected chi connectivity index (χ2v) is 5.41. The third-order valence-electron chi connectivity index (χ3n) is 3.78. The number of hydrogen-bond acceptors (Lipinski definition) is 4. The van der Waals surface area contributed by atoms with Crippen molar-refractivity contribution in [2.24, 2.45) is 5.41 Å². The lowest BCUT2D eigenvalue weighted by molar-refractivity contribution is 0.0760. The Kier molecular flexibility index (Phi) is 2.95. The van der Waals surface area contributed by atoms with E-state index in [1.165, 1.54) is 12.5 Å². The lowest BCUT2D eigenvalue weighted by Crippen LogP contribution is -2.33. The van der Waals surface area contributed by atoms with E-state index in [1.807, 2.05) is 4.90 Å². The van der Waals surface area contributed by atoms with Crippen molar-refractivity contribution in [2.75, 3.05) is 26.3 Å². The molecule has 1 amide bonds. The third-order valence-corrected chi connectivity index (χ3v) is 4.06. The van der Waals surface area contributed by atoms with E-state index in [0.29, 0.717) is 10.7 Å². The number of aromatic nitrogens is 2. The minimum atomic E-state index is -0.105. The summed E-state index contributed by atoms with van der Waals surface area (Å²) < 4.78 is 5.45. The van der Waals surface area contributed by atoms with Crippen LogP contribution in [0.3, 0.4) is 0 Å². The van der Waals surface area contributed by atoms with Crippen molar-refractivity contribution in [3.8, 4) is 0 Å². The van der Waals surface area contributed by atoms with Gasteiger partial charge in [-0.25, -0.2) is 9.97 Å². The molecule has 18 heavy (non-hydrogen) atoms. The van der Waals surface area contributed by atoms with Crippen LogP contribution >= 0.6 is 11.6 Å². The van der Waals surface area contributed by atoms with Crippen LogP contribution in [0.5, 0.6) is 0 Å². The number of likely N-dealkylation sites (tertiary alicyclic amines) is 1. The zero-order valence-corrected chi connectivity index (χ0v) is 10.7. The molecule has 0 saturated carbocycles. The molecule has 96 valence electrons. The van der Waals surface area contributed by atoms with Crippen LogP contribution in [0.25, 0.3) is 0 Å². The average molecular weight is 268 g/mol. The zero-order chi connectivity index (χ0) is 12.6. The van der Waals surface area contributed by atoms with Gasteiger partial charge >= 0.3 is 0 Å². The predicted octanol–water partition coefficient (Wildman–Crippen LogP) is 1.38. The predicted molar refractivity (Wildman–Crippen MR) is 65.4 cm³/mol. The zero-order valence-electron chi connectivity index (χ0n) is 9.93. The van der Waals surface area contributed by atoms with Crippen LogP contribution in [-0.2, 0) is 4.74 Å². The minimum Gasteiger partial charge on any atom is -0.381 e. The standard InChI is InChI=1S/C12H14ClN3O2/c13-9-5-14-8-15-10(9)11(17)16-3-1-12(6-16)2-4-18-7-12/h5,8H,1-4,6-7H2/t12-/m1/s1. The number of halogens is 1. The van der Waals surface area contributed by atoms with Crippen LogP contribution in [0.2, 0.25) is 5.02 Å². The van der Waals surface area contributed by atoms with Crippen molar-refractivity contribution in [2.45, 2.75) is 12.8 Å². The van der Waals surface area contributed by atoms with Gasteiger partial charge in [0.05, 0.1) is 11.6 Å². The molecule has 0 unspecified atom stereocenters. The molecule has 3 rings (SSSR count). The van der Waals surface area contributed by atoms with Gasteiger partial charge in [0, 0.05) is 31.3 Å². The highest BCUT2D eigenvalue weighted by atomic mass is 35.5. The largest absolute Gasteiger partial charge is 0.381 e. The molecule has 3 heterocycles. The highest BCUT2D eigenvalue weighted by Gasteiger charge is 2.43. The molecule has 0 aliphatic carbocycles. The molecule has 0 bridgehead atoms. The summed E-state index contributed by atoms with van der Waals surface area (Å²) >= 11 is 5.95. The highest BCUT2D eigenvalue weighted by Crippen LogP contribution is 2.38. The average Bonchev–Trinajstić information content (AvgIpc) is 3.00. The third kappa shape index (κ3) is 1.97. The number of ether oxygens (including phenoxy) is 1. The lowest BCUT2D eigenvalue weighted by Gasteiger charge is -2.21. The van der Waals surface area contributed by atoms with E-state index in [4.69, 9.17) is 16.3 Å². The van der Waals surface area contributed by atoms with E-state index in [2.05, 4.69) is 9.97 Å². The first-order valence-corrected chi connectivity index (χ1v) is 6.41. The summed E-state index contributed by atoms with van der Waals surface area (Å²) in [5.74, 6) is -0.105. The van der Waals surface area contributed by atoms with E-state index in [1.54, 1.807) is 0 Å². The van der Waals surface area contributed by atoms with Gasteiger partial charge in [-0.3, -0.25) is 4.79 Å². The maximum atomic E-state index is 12.3. The SMILES string of the molecule is O=C(c1ncncc1Cl)N1CC[C@@]2(CCOC2)C1. The Labute approximate surface area is 110 Å². The molecule has 1 aromatic rings. The smallest absolute Gasteiger partial charge is 0.274 e. The molecule has 0 radical (unpaired) electrons. The van der Waals surface area contributed by atoms with E-state index in [9.17, 15) is 4.79 Å². The summed E-state index contributed by atoms with van der Waals surface area (Å²) in [6.07, 6.45) is 4.84. The van der Waals surface area contributed by atoms with Crippen molar-refractivity contribution < 1.29 is 9.53 Å². The Bertz CT molecular complexity index is 474. The lowest BCUT2D eigenvalue weighted by atomic mass is 9.87. The number of rotatable bonds is 1. The van der Waals surface area contributed by atoms with E-state index in [0.717, 1.165) is 39.1 Å². The van der Waals surface area contributed by atoms with Gasteiger partial charge in [-0.05, 0) is 12.8 Å². The number of carbonyl (C=O) groups is 1. The fraction of sp³-hybridized carbons (Fsp3) is 0.583. The van der Waals surface area contributed by atoms with Crippen LogP contribution in [0.1, 0.15) is 23.3 Å². The Hall–Kier alpha value is -1.20. The van der Waals surface area contributed by atoms with Gasteiger partial charge in [-0.1, -0.05) is 11.6 Å². The van der Waals surface area contributed by atoms with Gasteiger partial charge in [0.15, 0.2) is 0 Å². The molecule has 0 aromatic carbocycles. The van der Waals surface area contributed by atoms with Crippen molar-refractivity contribution in [1.82, 2.24) is 14.9 Å². The van der Waals surface area contributed by atoms with E-state index < -0.39 is 0 Å². The Morgan fingerprint density at radius 3 is 3.11 bits per heavy atom. The van der Waals surface area contributed by atoms with Crippen molar-refractivity contribution >= 4 is 17.5 Å². The molecular weight excluding hydrogens is 254 g/mol. The monoisotopic (exact) mass is 267 g/mol. The second-order valence-electron chi connectivity index (χ2n) is 5.00. The molecule has 2 fully saturated rings. The maximum absolute atomic E-state index is 12.3. The second kappa shape index (κ2) is 4.48. The molecule has 2 saturated heterocycles. The number of amides is 1. The van der Waals surface area contributed by atoms with Gasteiger partial charge < -0.3 is 9.64 Å². The Balaban J connectivity index is 1.77. The minimum absolute atomic E-state index is 0.105. The Morgan fingerprint density at radius 1 is 1.50 bits per heavy atom. The summed E-state index contributed by atoms with van der Waals surface area (Å²) in [6.45, 7) is 3.05. The molecular formula is C12H14ClN3O2. The first-order chi connectivity index (χ1) is 8.70. The molecule has 6 heteroatoms. The molecule has 1 atom stereocenters. The topological polar surface area (TPSA) is 55.3 Å². The van der Waals surface area contributed by atoms with Crippen molar-refractivity contribution in [1.29, 1.82) is 0 Å². The normalized spacial score (nSPS) is 27.1. The molecule has 0 N–H and O–H groups in total.